The molecule has 0 unspecified atom stereocenters. The Kier molecular flexibility index (Phi) is 3.26. The highest BCUT2D eigenvalue weighted by atomic mass is 16.5. The van der Waals surface area contributed by atoms with Gasteiger partial charge in [-0.2, -0.15) is 5.26 Å². The fourth-order valence-corrected chi connectivity index (χ4v) is 0.459. The number of ether oxygens (including phenoxy) is 1. The van der Waals surface area contributed by atoms with Gasteiger partial charge < -0.3 is 4.74 Å². The Balaban J connectivity index is 3.48. The molecule has 2 heteroatoms. The Hall–Kier alpha value is -0.550. The predicted octanol–water partition coefficient (Wildman–Crippen LogP) is 1.72. The van der Waals surface area contributed by atoms with Crippen molar-refractivity contribution in [2.45, 2.75) is 32.3 Å². The number of nitrogens with zero attached hydrogens (tertiary/aromatic N) is 1. The largest absolute Gasteiger partial charge is 0.379 e. The minimum absolute atomic E-state index is 0.129. The molecule has 0 atom stereocenters. The van der Waals surface area contributed by atoms with E-state index in [2.05, 4.69) is 6.07 Å². The summed E-state index contributed by atoms with van der Waals surface area (Å²) in [6.07, 6.45) is 1.38. The summed E-state index contributed by atoms with van der Waals surface area (Å²) >= 11 is 0. The van der Waals surface area contributed by atoms with E-state index >= 15 is 0 Å². The Morgan fingerprint density at radius 2 is 2.11 bits per heavy atom. The van der Waals surface area contributed by atoms with E-state index in [1.807, 2.05) is 13.8 Å². The molecular weight excluding hydrogens is 114 g/mol. The summed E-state index contributed by atoms with van der Waals surface area (Å²) in [7, 11) is 1.66. The van der Waals surface area contributed by atoms with Crippen molar-refractivity contribution < 1.29 is 4.74 Å². The average Bonchev–Trinajstić information content (AvgIpc) is 1.84. The van der Waals surface area contributed by atoms with Crippen LogP contribution in [0.2, 0.25) is 0 Å². The maximum Gasteiger partial charge on any atom is 0.0632 e. The lowest BCUT2D eigenvalue weighted by Crippen LogP contribution is -2.21. The van der Waals surface area contributed by atoms with E-state index in [0.29, 0.717) is 6.42 Å². The minimum atomic E-state index is -0.129. The van der Waals surface area contributed by atoms with Crippen molar-refractivity contribution in [3.63, 3.8) is 0 Å². The summed E-state index contributed by atoms with van der Waals surface area (Å²) < 4.78 is 5.09. The summed E-state index contributed by atoms with van der Waals surface area (Å²) in [6, 6.07) is 2.08. The van der Waals surface area contributed by atoms with E-state index in [9.17, 15) is 0 Å². The molecule has 0 saturated heterocycles. The van der Waals surface area contributed by atoms with Gasteiger partial charge in [0.15, 0.2) is 0 Å². The lowest BCUT2D eigenvalue weighted by molar-refractivity contribution is 0.0167. The molecule has 0 spiro atoms. The lowest BCUT2D eigenvalue weighted by Gasteiger charge is -2.20. The van der Waals surface area contributed by atoms with Crippen molar-refractivity contribution in [2.24, 2.45) is 0 Å². The van der Waals surface area contributed by atoms with Crippen molar-refractivity contribution in [1.82, 2.24) is 0 Å². The molecule has 9 heavy (non-hydrogen) atoms. The van der Waals surface area contributed by atoms with E-state index in [0.717, 1.165) is 6.42 Å². The molecule has 0 aromatic heterocycles. The SMILES string of the molecule is COC(C)(C)CCC#N. The van der Waals surface area contributed by atoms with Gasteiger partial charge in [-0.05, 0) is 20.3 Å². The van der Waals surface area contributed by atoms with Gasteiger partial charge in [0.05, 0.1) is 11.7 Å². The van der Waals surface area contributed by atoms with Crippen LogP contribution in [-0.4, -0.2) is 12.7 Å². The molecule has 0 amide bonds. The summed E-state index contributed by atoms with van der Waals surface area (Å²) in [5.41, 5.74) is -0.129. The molecule has 0 bridgehead atoms. The first-order chi connectivity index (χ1) is 4.12. The standard InChI is InChI=1S/C7H13NO/c1-7(2,9-3)5-4-6-8/h4-5H2,1-3H3. The van der Waals surface area contributed by atoms with Crippen molar-refractivity contribution >= 4 is 0 Å². The van der Waals surface area contributed by atoms with E-state index in [-0.39, 0.29) is 5.60 Å². The molecule has 52 valence electrons. The van der Waals surface area contributed by atoms with Gasteiger partial charge in [0.1, 0.15) is 0 Å². The first-order valence-electron chi connectivity index (χ1n) is 3.04. The zero-order valence-electron chi connectivity index (χ0n) is 6.27. The van der Waals surface area contributed by atoms with Crippen LogP contribution in [0.5, 0.6) is 0 Å². The summed E-state index contributed by atoms with van der Waals surface area (Å²) in [5, 5.41) is 8.22. The second kappa shape index (κ2) is 3.47. The maximum atomic E-state index is 8.22. The lowest BCUT2D eigenvalue weighted by atomic mass is 10.0. The van der Waals surface area contributed by atoms with Gasteiger partial charge in [0.25, 0.3) is 0 Å². The van der Waals surface area contributed by atoms with Gasteiger partial charge in [-0.3, -0.25) is 0 Å². The maximum absolute atomic E-state index is 8.22. The molecule has 0 fully saturated rings. The van der Waals surface area contributed by atoms with Gasteiger partial charge in [-0.15, -0.1) is 0 Å². The third kappa shape index (κ3) is 3.99. The quantitative estimate of drug-likeness (QED) is 0.578. The zero-order valence-corrected chi connectivity index (χ0v) is 6.27. The van der Waals surface area contributed by atoms with Gasteiger partial charge in [-0.25, -0.2) is 0 Å². The van der Waals surface area contributed by atoms with Crippen LogP contribution >= 0.6 is 0 Å². The number of nitriles is 1. The highest BCUT2D eigenvalue weighted by molar-refractivity contribution is 4.77. The number of hydrogen-bond acceptors (Lipinski definition) is 2. The van der Waals surface area contributed by atoms with E-state index in [1.165, 1.54) is 0 Å². The molecule has 0 saturated carbocycles. The summed E-state index contributed by atoms with van der Waals surface area (Å²) in [5.74, 6) is 0. The van der Waals surface area contributed by atoms with Crippen LogP contribution in [0.25, 0.3) is 0 Å². The Morgan fingerprint density at radius 3 is 2.44 bits per heavy atom. The third-order valence-corrected chi connectivity index (χ3v) is 1.39. The van der Waals surface area contributed by atoms with Crippen LogP contribution in [0.3, 0.4) is 0 Å². The van der Waals surface area contributed by atoms with Crippen molar-refractivity contribution in [3.05, 3.63) is 0 Å². The van der Waals surface area contributed by atoms with Crippen molar-refractivity contribution in [2.75, 3.05) is 7.11 Å². The van der Waals surface area contributed by atoms with Gasteiger partial charge in [-0.1, -0.05) is 0 Å². The van der Waals surface area contributed by atoms with E-state index < -0.39 is 0 Å². The second-order valence-corrected chi connectivity index (χ2v) is 2.62. The van der Waals surface area contributed by atoms with Gasteiger partial charge in [0.2, 0.25) is 0 Å². The number of rotatable bonds is 3. The first kappa shape index (κ1) is 8.45. The van der Waals surface area contributed by atoms with Gasteiger partial charge >= 0.3 is 0 Å². The molecule has 0 aromatic carbocycles. The molecule has 0 rings (SSSR count). The second-order valence-electron chi connectivity index (χ2n) is 2.62. The molecule has 2 nitrogen and oxygen atoms in total. The highest BCUT2D eigenvalue weighted by Gasteiger charge is 2.14. The Labute approximate surface area is 56.4 Å². The van der Waals surface area contributed by atoms with Gasteiger partial charge in [0, 0.05) is 13.5 Å². The molecule has 0 aliphatic rings. The average molecular weight is 127 g/mol. The van der Waals surface area contributed by atoms with Crippen molar-refractivity contribution in [1.29, 1.82) is 5.26 Å². The third-order valence-electron chi connectivity index (χ3n) is 1.39. The number of methoxy groups -OCH3 is 1. The highest BCUT2D eigenvalue weighted by Crippen LogP contribution is 2.13. The minimum Gasteiger partial charge on any atom is -0.379 e. The molecule has 0 aliphatic carbocycles. The molecule has 0 heterocycles. The molecule has 0 aliphatic heterocycles. The molecule has 0 N–H and O–H groups in total. The predicted molar refractivity (Wildman–Crippen MR) is 35.9 cm³/mol. The number of hydrogen-bond donors (Lipinski definition) is 0. The first-order valence-corrected chi connectivity index (χ1v) is 3.04. The van der Waals surface area contributed by atoms with Crippen LogP contribution in [0.1, 0.15) is 26.7 Å². The van der Waals surface area contributed by atoms with E-state index in [1.54, 1.807) is 7.11 Å². The Bertz CT molecular complexity index is 113. The van der Waals surface area contributed by atoms with Crippen LogP contribution in [0.15, 0.2) is 0 Å². The monoisotopic (exact) mass is 127 g/mol. The van der Waals surface area contributed by atoms with Crippen LogP contribution in [0.4, 0.5) is 0 Å². The fraction of sp³-hybridized carbons (Fsp3) is 0.857. The molecule has 0 radical (unpaired) electrons. The topological polar surface area (TPSA) is 33.0 Å². The zero-order chi connectivity index (χ0) is 7.33. The fourth-order valence-electron chi connectivity index (χ4n) is 0.459. The smallest absolute Gasteiger partial charge is 0.0632 e. The molecule has 0 aromatic rings. The Morgan fingerprint density at radius 1 is 1.56 bits per heavy atom. The van der Waals surface area contributed by atoms with Crippen LogP contribution < -0.4 is 0 Å². The van der Waals surface area contributed by atoms with Crippen LogP contribution in [0, 0.1) is 11.3 Å². The van der Waals surface area contributed by atoms with E-state index in [4.69, 9.17) is 10.00 Å². The summed E-state index contributed by atoms with van der Waals surface area (Å²) in [6.45, 7) is 3.95. The molecular formula is C7H13NO. The van der Waals surface area contributed by atoms with Crippen molar-refractivity contribution in [3.8, 4) is 6.07 Å². The van der Waals surface area contributed by atoms with Crippen LogP contribution in [-0.2, 0) is 4.74 Å². The normalized spacial score (nSPS) is 10.9. The summed E-state index contributed by atoms with van der Waals surface area (Å²) in [4.78, 5) is 0.